The van der Waals surface area contributed by atoms with Crippen molar-refractivity contribution in [2.45, 2.75) is 6.36 Å². The van der Waals surface area contributed by atoms with Gasteiger partial charge in [0.25, 0.3) is 5.91 Å². The number of hydrogen-bond acceptors (Lipinski definition) is 5. The summed E-state index contributed by atoms with van der Waals surface area (Å²) in [6, 6.07) is 8.46. The van der Waals surface area contributed by atoms with Gasteiger partial charge in [-0.2, -0.15) is 0 Å². The maximum atomic E-state index is 12.5. The van der Waals surface area contributed by atoms with Gasteiger partial charge in [-0.05, 0) is 24.3 Å². The first-order valence-corrected chi connectivity index (χ1v) is 8.46. The Hall–Kier alpha value is -2.52. The van der Waals surface area contributed by atoms with E-state index < -0.39 is 18.0 Å². The average Bonchev–Trinajstić information content (AvgIpc) is 3.12. The van der Waals surface area contributed by atoms with E-state index in [9.17, 15) is 18.0 Å². The van der Waals surface area contributed by atoms with E-state index in [2.05, 4.69) is 15.0 Å². The Morgan fingerprint density at radius 3 is 2.63 bits per heavy atom. The Morgan fingerprint density at radius 2 is 1.89 bits per heavy atom. The van der Waals surface area contributed by atoms with Gasteiger partial charge in [0.2, 0.25) is 0 Å². The van der Waals surface area contributed by atoms with Crippen molar-refractivity contribution in [2.75, 3.05) is 39.4 Å². The van der Waals surface area contributed by atoms with Crippen molar-refractivity contribution in [2.24, 2.45) is 0 Å². The van der Waals surface area contributed by atoms with E-state index in [4.69, 9.17) is 9.15 Å². The molecule has 1 saturated heterocycles. The van der Waals surface area contributed by atoms with Gasteiger partial charge in [-0.3, -0.25) is 9.69 Å². The molecule has 1 aromatic heterocycles. The van der Waals surface area contributed by atoms with Crippen LogP contribution in [0.2, 0.25) is 0 Å². The second-order valence-corrected chi connectivity index (χ2v) is 5.92. The Morgan fingerprint density at radius 1 is 1.15 bits per heavy atom. The lowest BCUT2D eigenvalue weighted by Crippen LogP contribution is -2.41. The fourth-order valence-corrected chi connectivity index (χ4v) is 2.73. The van der Waals surface area contributed by atoms with Gasteiger partial charge in [0, 0.05) is 26.2 Å². The summed E-state index contributed by atoms with van der Waals surface area (Å²) in [5, 5.41) is 2.74. The number of alkyl halides is 3. The zero-order valence-electron chi connectivity index (χ0n) is 14.4. The van der Waals surface area contributed by atoms with Crippen LogP contribution in [-0.4, -0.2) is 56.6 Å². The number of carbonyl (C=O) groups excluding carboxylic acids is 1. The number of hydrogen-bond donors (Lipinski definition) is 1. The van der Waals surface area contributed by atoms with Gasteiger partial charge in [0.15, 0.2) is 5.76 Å². The largest absolute Gasteiger partial charge is 0.573 e. The van der Waals surface area contributed by atoms with Gasteiger partial charge in [0.05, 0.1) is 18.8 Å². The smallest absolute Gasteiger partial charge is 0.451 e. The Labute approximate surface area is 153 Å². The van der Waals surface area contributed by atoms with E-state index in [1.165, 1.54) is 30.3 Å². The van der Waals surface area contributed by atoms with Crippen molar-refractivity contribution >= 4 is 5.91 Å². The molecule has 1 aromatic carbocycles. The summed E-state index contributed by atoms with van der Waals surface area (Å²) in [4.78, 5) is 14.4. The third-order valence-electron chi connectivity index (χ3n) is 4.03. The lowest BCUT2D eigenvalue weighted by Gasteiger charge is -2.26. The fourth-order valence-electron chi connectivity index (χ4n) is 2.73. The zero-order valence-corrected chi connectivity index (χ0v) is 14.4. The molecule has 1 aliphatic heterocycles. The molecule has 3 rings (SSSR count). The van der Waals surface area contributed by atoms with Crippen LogP contribution in [-0.2, 0) is 4.74 Å². The molecule has 0 spiro atoms. The summed E-state index contributed by atoms with van der Waals surface area (Å²) < 4.78 is 52.3. The lowest BCUT2D eigenvalue weighted by molar-refractivity contribution is -0.274. The molecule has 0 bridgehead atoms. The van der Waals surface area contributed by atoms with Crippen LogP contribution in [0.1, 0.15) is 10.6 Å². The lowest BCUT2D eigenvalue weighted by atomic mass is 10.1. The van der Waals surface area contributed by atoms with Crippen molar-refractivity contribution in [1.29, 1.82) is 0 Å². The number of nitrogens with one attached hydrogen (secondary N) is 1. The molecule has 6 nitrogen and oxygen atoms in total. The number of ether oxygens (including phenoxy) is 2. The topological polar surface area (TPSA) is 63.9 Å². The molecular formula is C18H19F3N2O4. The van der Waals surface area contributed by atoms with Gasteiger partial charge < -0.3 is 19.2 Å². The summed E-state index contributed by atoms with van der Waals surface area (Å²) in [5.74, 6) is -0.677. The quantitative estimate of drug-likeness (QED) is 0.830. The van der Waals surface area contributed by atoms with Crippen molar-refractivity contribution in [3.8, 4) is 17.1 Å². The number of rotatable bonds is 6. The number of amides is 1. The van der Waals surface area contributed by atoms with Crippen LogP contribution in [0.3, 0.4) is 0 Å². The van der Waals surface area contributed by atoms with Crippen LogP contribution in [0.4, 0.5) is 13.2 Å². The third-order valence-corrected chi connectivity index (χ3v) is 4.03. The maximum absolute atomic E-state index is 12.5. The molecule has 27 heavy (non-hydrogen) atoms. The highest BCUT2D eigenvalue weighted by Gasteiger charge is 2.32. The van der Waals surface area contributed by atoms with Crippen LogP contribution in [0.5, 0.6) is 5.75 Å². The first kappa shape index (κ1) is 19.2. The van der Waals surface area contributed by atoms with Crippen LogP contribution >= 0.6 is 0 Å². The molecule has 0 atom stereocenters. The Balaban J connectivity index is 1.62. The molecule has 0 radical (unpaired) electrons. The predicted octanol–water partition coefficient (Wildman–Crippen LogP) is 2.91. The highest BCUT2D eigenvalue weighted by molar-refractivity contribution is 5.92. The highest BCUT2D eigenvalue weighted by atomic mass is 19.4. The summed E-state index contributed by atoms with van der Waals surface area (Å²) in [7, 11) is 0. The molecular weight excluding hydrogens is 365 g/mol. The number of halogens is 3. The number of morpholine rings is 1. The minimum absolute atomic E-state index is 0.0220. The molecule has 0 saturated carbocycles. The molecule has 1 fully saturated rings. The van der Waals surface area contributed by atoms with E-state index in [1.807, 2.05) is 0 Å². The van der Waals surface area contributed by atoms with E-state index in [0.29, 0.717) is 26.3 Å². The van der Waals surface area contributed by atoms with Crippen LogP contribution in [0.15, 0.2) is 40.8 Å². The van der Waals surface area contributed by atoms with E-state index in [1.54, 1.807) is 6.07 Å². The first-order valence-electron chi connectivity index (χ1n) is 8.46. The molecule has 0 unspecified atom stereocenters. The summed E-state index contributed by atoms with van der Waals surface area (Å²) in [5.41, 5.74) is 0.113. The molecule has 1 N–H and O–H groups in total. The number of benzene rings is 1. The number of carbonyl (C=O) groups is 1. The Bertz CT molecular complexity index is 770. The van der Waals surface area contributed by atoms with Crippen molar-refractivity contribution < 1.29 is 31.9 Å². The van der Waals surface area contributed by atoms with Crippen LogP contribution in [0.25, 0.3) is 11.3 Å². The molecule has 2 heterocycles. The first-order chi connectivity index (χ1) is 12.9. The average molecular weight is 384 g/mol. The zero-order chi connectivity index (χ0) is 19.3. The highest BCUT2D eigenvalue weighted by Crippen LogP contribution is 2.34. The van der Waals surface area contributed by atoms with Gasteiger partial charge in [-0.1, -0.05) is 12.1 Å². The number of para-hydroxylation sites is 1. The molecule has 2 aromatic rings. The summed E-state index contributed by atoms with van der Waals surface area (Å²) in [6.07, 6.45) is -4.82. The Kier molecular flexibility index (Phi) is 6.02. The van der Waals surface area contributed by atoms with Crippen molar-refractivity contribution in [3.63, 3.8) is 0 Å². The minimum Gasteiger partial charge on any atom is -0.451 e. The molecule has 0 aliphatic carbocycles. The van der Waals surface area contributed by atoms with E-state index >= 15 is 0 Å². The second-order valence-electron chi connectivity index (χ2n) is 5.92. The SMILES string of the molecule is O=C(NCCN1CCOCC1)c1ccc(-c2ccccc2OC(F)(F)F)o1. The number of nitrogens with zero attached hydrogens (tertiary/aromatic N) is 1. The van der Waals surface area contributed by atoms with Crippen LogP contribution in [0, 0.1) is 0 Å². The van der Waals surface area contributed by atoms with Crippen molar-refractivity contribution in [3.05, 3.63) is 42.2 Å². The molecule has 1 aliphatic rings. The van der Waals surface area contributed by atoms with Gasteiger partial charge in [-0.25, -0.2) is 0 Å². The monoisotopic (exact) mass is 384 g/mol. The fraction of sp³-hybridized carbons (Fsp3) is 0.389. The molecule has 146 valence electrons. The summed E-state index contributed by atoms with van der Waals surface area (Å²) in [6.45, 7) is 4.10. The van der Waals surface area contributed by atoms with Gasteiger partial charge >= 0.3 is 6.36 Å². The van der Waals surface area contributed by atoms with Gasteiger partial charge in [0.1, 0.15) is 11.5 Å². The second kappa shape index (κ2) is 8.45. The third kappa shape index (κ3) is 5.48. The van der Waals surface area contributed by atoms with E-state index in [-0.39, 0.29) is 17.1 Å². The maximum Gasteiger partial charge on any atom is 0.573 e. The van der Waals surface area contributed by atoms with E-state index in [0.717, 1.165) is 13.1 Å². The normalized spacial score (nSPS) is 15.5. The minimum atomic E-state index is -4.82. The summed E-state index contributed by atoms with van der Waals surface area (Å²) >= 11 is 0. The molecule has 9 heteroatoms. The molecule has 1 amide bonds. The van der Waals surface area contributed by atoms with Gasteiger partial charge in [-0.15, -0.1) is 13.2 Å². The van der Waals surface area contributed by atoms with Crippen molar-refractivity contribution in [1.82, 2.24) is 10.2 Å². The standard InChI is InChI=1S/C18H19F3N2O4/c19-18(20,21)27-15-4-2-1-3-13(15)14-5-6-16(26-14)17(24)22-7-8-23-9-11-25-12-10-23/h1-6H,7-12H2,(H,22,24). The van der Waals surface area contributed by atoms with Crippen LogP contribution < -0.4 is 10.1 Å². The number of furan rings is 1. The predicted molar refractivity (Wildman–Crippen MR) is 90.4 cm³/mol.